The number of carbonyl (C=O) groups is 2. The lowest BCUT2D eigenvalue weighted by Crippen LogP contribution is -2.38. The summed E-state index contributed by atoms with van der Waals surface area (Å²) in [6.07, 6.45) is 3.12. The zero-order valence-corrected chi connectivity index (χ0v) is 19.4. The summed E-state index contributed by atoms with van der Waals surface area (Å²) in [5.41, 5.74) is 1.77. The summed E-state index contributed by atoms with van der Waals surface area (Å²) in [4.78, 5) is 29.9. The number of benzene rings is 2. The lowest BCUT2D eigenvalue weighted by Gasteiger charge is -2.29. The number of aliphatic hydroxyl groups is 1. The molecule has 31 heavy (non-hydrogen) atoms. The molecule has 1 N–H and O–H groups in total. The fraction of sp³-hybridized carbons (Fsp3) is 0.280. The summed E-state index contributed by atoms with van der Waals surface area (Å²) in [7, 11) is 0. The van der Waals surface area contributed by atoms with Gasteiger partial charge in [0.15, 0.2) is 11.5 Å². The largest absolute Gasteiger partial charge is 0.503 e. The van der Waals surface area contributed by atoms with E-state index in [9.17, 15) is 14.7 Å². The van der Waals surface area contributed by atoms with Crippen molar-refractivity contribution < 1.29 is 14.7 Å². The summed E-state index contributed by atoms with van der Waals surface area (Å²) in [5.74, 6) is -1.34. The molecule has 0 aliphatic carbocycles. The predicted octanol–water partition coefficient (Wildman–Crippen LogP) is 4.77. The first kappa shape index (κ1) is 23.0. The van der Waals surface area contributed by atoms with Gasteiger partial charge in [0.25, 0.3) is 5.91 Å². The van der Waals surface area contributed by atoms with Crippen molar-refractivity contribution in [3.63, 3.8) is 0 Å². The molecule has 0 fully saturated rings. The Balaban J connectivity index is 1.95. The highest BCUT2D eigenvalue weighted by molar-refractivity contribution is 9.10. The Hall–Kier alpha value is -2.70. The van der Waals surface area contributed by atoms with E-state index in [1.54, 1.807) is 11.0 Å². The van der Waals surface area contributed by atoms with Crippen LogP contribution in [0.5, 0.6) is 0 Å². The van der Waals surface area contributed by atoms with Crippen molar-refractivity contribution in [3.8, 4) is 0 Å². The number of likely N-dealkylation sites (N-methyl/N-ethyl adjacent to an activating group) is 1. The number of hydrogen-bond donors (Lipinski definition) is 1. The number of hydrogen-bond acceptors (Lipinski definition) is 4. The molecule has 1 aliphatic rings. The summed E-state index contributed by atoms with van der Waals surface area (Å²) in [6, 6.07) is 16.3. The molecule has 2 aromatic carbocycles. The van der Waals surface area contributed by atoms with Gasteiger partial charge in [0.2, 0.25) is 0 Å². The summed E-state index contributed by atoms with van der Waals surface area (Å²) in [6.45, 7) is 6.95. The molecule has 5 nitrogen and oxygen atoms in total. The van der Waals surface area contributed by atoms with Crippen LogP contribution in [0.25, 0.3) is 6.08 Å². The third-order valence-electron chi connectivity index (χ3n) is 5.51. The van der Waals surface area contributed by atoms with Crippen LogP contribution in [0.1, 0.15) is 31.0 Å². The van der Waals surface area contributed by atoms with Gasteiger partial charge in [-0.05, 0) is 42.4 Å². The second kappa shape index (κ2) is 10.6. The van der Waals surface area contributed by atoms with Crippen molar-refractivity contribution in [2.45, 2.75) is 19.9 Å². The van der Waals surface area contributed by atoms with Crippen LogP contribution in [0, 0.1) is 0 Å². The van der Waals surface area contributed by atoms with E-state index in [2.05, 4.69) is 34.7 Å². The van der Waals surface area contributed by atoms with Gasteiger partial charge in [-0.15, -0.1) is 0 Å². The van der Waals surface area contributed by atoms with Crippen LogP contribution in [0.4, 0.5) is 0 Å². The van der Waals surface area contributed by atoms with Crippen LogP contribution in [-0.4, -0.2) is 52.8 Å². The first-order valence-corrected chi connectivity index (χ1v) is 11.2. The molecule has 0 aromatic heterocycles. The Morgan fingerprint density at radius 3 is 2.48 bits per heavy atom. The monoisotopic (exact) mass is 482 g/mol. The molecule has 6 heteroatoms. The summed E-state index contributed by atoms with van der Waals surface area (Å²) < 4.78 is 0.846. The number of halogens is 1. The quantitative estimate of drug-likeness (QED) is 0.522. The number of allylic oxidation sites excluding steroid dienone is 1. The molecule has 0 spiro atoms. The molecule has 0 saturated heterocycles. The normalized spacial score (nSPS) is 16.7. The van der Waals surface area contributed by atoms with Gasteiger partial charge in [-0.3, -0.25) is 9.59 Å². The van der Waals surface area contributed by atoms with E-state index < -0.39 is 17.7 Å². The van der Waals surface area contributed by atoms with Crippen LogP contribution >= 0.6 is 15.9 Å². The molecular weight excluding hydrogens is 456 g/mol. The number of ketones is 1. The van der Waals surface area contributed by atoms with E-state index in [1.807, 2.05) is 54.6 Å². The van der Waals surface area contributed by atoms with Gasteiger partial charge < -0.3 is 14.9 Å². The Morgan fingerprint density at radius 2 is 1.84 bits per heavy atom. The predicted molar refractivity (Wildman–Crippen MR) is 127 cm³/mol. The van der Waals surface area contributed by atoms with Crippen LogP contribution in [-0.2, 0) is 9.59 Å². The highest BCUT2D eigenvalue weighted by Gasteiger charge is 2.42. The highest BCUT2D eigenvalue weighted by Crippen LogP contribution is 2.38. The topological polar surface area (TPSA) is 60.9 Å². The Bertz CT molecular complexity index is 997. The standard InChI is InChI=1S/C25H27BrN2O3/c1-3-27(4-2)15-16-28-23(19-11-8-12-20(26)17-19)22(24(30)25(28)31)21(29)14-13-18-9-6-5-7-10-18/h5-14,17,23,30H,3-4,15-16H2,1-2H3/b14-13+. The van der Waals surface area contributed by atoms with Crippen molar-refractivity contribution in [1.82, 2.24) is 9.80 Å². The minimum Gasteiger partial charge on any atom is -0.503 e. The molecule has 1 atom stereocenters. The molecule has 162 valence electrons. The van der Waals surface area contributed by atoms with E-state index in [0.29, 0.717) is 13.1 Å². The number of rotatable bonds is 9. The van der Waals surface area contributed by atoms with Crippen LogP contribution in [0.15, 0.2) is 76.5 Å². The van der Waals surface area contributed by atoms with Crippen LogP contribution < -0.4 is 0 Å². The van der Waals surface area contributed by atoms with Crippen LogP contribution in [0.2, 0.25) is 0 Å². The van der Waals surface area contributed by atoms with Gasteiger partial charge in [0.1, 0.15) is 0 Å². The fourth-order valence-corrected chi connectivity index (χ4v) is 4.19. The minimum atomic E-state index is -0.631. The van der Waals surface area contributed by atoms with Gasteiger partial charge in [0.05, 0.1) is 11.6 Å². The number of amides is 1. The van der Waals surface area contributed by atoms with Crippen molar-refractivity contribution in [2.24, 2.45) is 0 Å². The average molecular weight is 483 g/mol. The Morgan fingerprint density at radius 1 is 1.13 bits per heavy atom. The zero-order valence-electron chi connectivity index (χ0n) is 17.8. The Labute approximate surface area is 191 Å². The van der Waals surface area contributed by atoms with Gasteiger partial charge in [-0.25, -0.2) is 0 Å². The van der Waals surface area contributed by atoms with E-state index in [-0.39, 0.29) is 11.4 Å². The lowest BCUT2D eigenvalue weighted by atomic mass is 9.95. The van der Waals surface area contributed by atoms with Crippen molar-refractivity contribution >= 4 is 33.7 Å². The first-order valence-electron chi connectivity index (χ1n) is 10.5. The van der Waals surface area contributed by atoms with Gasteiger partial charge in [-0.2, -0.15) is 0 Å². The number of nitrogens with zero attached hydrogens (tertiary/aromatic N) is 2. The zero-order chi connectivity index (χ0) is 22.4. The van der Waals surface area contributed by atoms with Crippen molar-refractivity contribution in [3.05, 3.63) is 87.6 Å². The van der Waals surface area contributed by atoms with E-state index >= 15 is 0 Å². The SMILES string of the molecule is CCN(CC)CCN1C(=O)C(O)=C(C(=O)/C=C/c2ccccc2)C1c1cccc(Br)c1. The summed E-state index contributed by atoms with van der Waals surface area (Å²) >= 11 is 3.47. The highest BCUT2D eigenvalue weighted by atomic mass is 79.9. The van der Waals surface area contributed by atoms with Gasteiger partial charge in [0, 0.05) is 17.6 Å². The van der Waals surface area contributed by atoms with Crippen molar-refractivity contribution in [2.75, 3.05) is 26.2 Å². The maximum atomic E-state index is 13.1. The molecule has 0 radical (unpaired) electrons. The molecule has 2 aromatic rings. The maximum Gasteiger partial charge on any atom is 0.290 e. The average Bonchev–Trinajstić information content (AvgIpc) is 3.04. The molecule has 1 unspecified atom stereocenters. The summed E-state index contributed by atoms with van der Waals surface area (Å²) in [5, 5.41) is 10.7. The van der Waals surface area contributed by atoms with Crippen LogP contribution in [0.3, 0.4) is 0 Å². The molecule has 0 bridgehead atoms. The fourth-order valence-electron chi connectivity index (χ4n) is 3.77. The molecule has 1 heterocycles. The smallest absolute Gasteiger partial charge is 0.290 e. The third kappa shape index (κ3) is 5.32. The lowest BCUT2D eigenvalue weighted by molar-refractivity contribution is -0.129. The third-order valence-corrected chi connectivity index (χ3v) is 6.01. The number of aliphatic hydroxyl groups excluding tert-OH is 1. The van der Waals surface area contributed by atoms with E-state index in [1.165, 1.54) is 6.08 Å². The molecule has 1 amide bonds. The Kier molecular flexibility index (Phi) is 7.82. The molecule has 1 aliphatic heterocycles. The number of carbonyl (C=O) groups excluding carboxylic acids is 2. The molecule has 3 rings (SSSR count). The first-order chi connectivity index (χ1) is 15.0. The second-order valence-corrected chi connectivity index (χ2v) is 8.27. The minimum absolute atomic E-state index is 0.120. The van der Waals surface area contributed by atoms with E-state index in [4.69, 9.17) is 0 Å². The maximum absolute atomic E-state index is 13.1. The molecular formula is C25H27BrN2O3. The second-order valence-electron chi connectivity index (χ2n) is 7.35. The van der Waals surface area contributed by atoms with Crippen molar-refractivity contribution in [1.29, 1.82) is 0 Å². The van der Waals surface area contributed by atoms with Gasteiger partial charge in [-0.1, -0.05) is 78.3 Å². The molecule has 0 saturated carbocycles. The van der Waals surface area contributed by atoms with Gasteiger partial charge >= 0.3 is 0 Å². The van der Waals surface area contributed by atoms with E-state index in [0.717, 1.165) is 28.7 Å².